The molecule has 3 atom stereocenters. The van der Waals surface area contributed by atoms with Crippen LogP contribution in [0.4, 0.5) is 0 Å². The molecule has 2 aliphatic rings. The summed E-state index contributed by atoms with van der Waals surface area (Å²) < 4.78 is 5.84. The van der Waals surface area contributed by atoms with E-state index >= 15 is 0 Å². The highest BCUT2D eigenvalue weighted by molar-refractivity contribution is 5.40. The molecule has 1 aliphatic carbocycles. The van der Waals surface area contributed by atoms with Crippen LogP contribution in [0, 0.1) is 0 Å². The van der Waals surface area contributed by atoms with Gasteiger partial charge in [-0.25, -0.2) is 0 Å². The zero-order valence-corrected chi connectivity index (χ0v) is 15.9. The van der Waals surface area contributed by atoms with Crippen LogP contribution >= 0.6 is 0 Å². The number of nitrogens with zero attached hydrogens (tertiary/aromatic N) is 1. The van der Waals surface area contributed by atoms with Crippen molar-refractivity contribution in [1.82, 2.24) is 4.90 Å². The first-order valence-electron chi connectivity index (χ1n) is 9.41. The van der Waals surface area contributed by atoms with Gasteiger partial charge in [0.25, 0.3) is 0 Å². The van der Waals surface area contributed by atoms with Crippen molar-refractivity contribution in [3.05, 3.63) is 34.9 Å². The number of morpholine rings is 1. The van der Waals surface area contributed by atoms with Crippen molar-refractivity contribution in [2.75, 3.05) is 19.6 Å². The normalized spacial score (nSPS) is 31.8. The largest absolute Gasteiger partial charge is 0.384 e. The zero-order valence-electron chi connectivity index (χ0n) is 15.9. The average Bonchev–Trinajstić information content (AvgIpc) is 2.44. The summed E-state index contributed by atoms with van der Waals surface area (Å²) in [5.41, 5.74) is 3.28. The molecule has 1 unspecified atom stereocenters. The molecule has 0 saturated carbocycles. The molecule has 0 aromatic heterocycles. The number of hydrogen-bond acceptors (Lipinski definition) is 3. The molecular weight excluding hydrogens is 298 g/mol. The molecular formula is C21H33NO2. The maximum absolute atomic E-state index is 11.5. The second-order valence-corrected chi connectivity index (χ2v) is 8.96. The number of hydrogen-bond donors (Lipinski definition) is 1. The van der Waals surface area contributed by atoms with Crippen molar-refractivity contribution in [2.45, 2.75) is 77.1 Å². The molecule has 1 fully saturated rings. The molecule has 1 saturated heterocycles. The molecule has 1 heterocycles. The fourth-order valence-electron chi connectivity index (χ4n) is 4.37. The number of fused-ring (bicyclic) bond motifs is 1. The van der Waals surface area contributed by atoms with Crippen molar-refractivity contribution >= 4 is 0 Å². The van der Waals surface area contributed by atoms with Crippen LogP contribution in [0.15, 0.2) is 18.2 Å². The standard InChI is InChI=1S/C21H33NO2/c1-15-12-22(13-16(2)24-15)14-21(23)10-6-7-17-11-18(20(3,4)5)8-9-19(17)21/h8-9,11,15-16,23H,6-7,10,12-14H2,1-5H3/t15-,16-,21?/m1/s1. The van der Waals surface area contributed by atoms with E-state index in [2.05, 4.69) is 57.7 Å². The summed E-state index contributed by atoms with van der Waals surface area (Å²) in [6, 6.07) is 6.71. The van der Waals surface area contributed by atoms with Crippen LogP contribution in [-0.4, -0.2) is 41.8 Å². The Bertz CT molecular complexity index is 582. The molecule has 134 valence electrons. The van der Waals surface area contributed by atoms with E-state index in [-0.39, 0.29) is 17.6 Å². The average molecular weight is 332 g/mol. The minimum Gasteiger partial charge on any atom is -0.384 e. The zero-order chi connectivity index (χ0) is 17.5. The summed E-state index contributed by atoms with van der Waals surface area (Å²) >= 11 is 0. The lowest BCUT2D eigenvalue weighted by Crippen LogP contribution is -2.51. The van der Waals surface area contributed by atoms with Gasteiger partial charge in [0.2, 0.25) is 0 Å². The van der Waals surface area contributed by atoms with Gasteiger partial charge in [0.05, 0.1) is 12.2 Å². The quantitative estimate of drug-likeness (QED) is 0.898. The van der Waals surface area contributed by atoms with Crippen molar-refractivity contribution in [1.29, 1.82) is 0 Å². The van der Waals surface area contributed by atoms with Crippen LogP contribution in [0.5, 0.6) is 0 Å². The van der Waals surface area contributed by atoms with Crippen molar-refractivity contribution in [3.63, 3.8) is 0 Å². The fourth-order valence-corrected chi connectivity index (χ4v) is 4.37. The van der Waals surface area contributed by atoms with Gasteiger partial charge in [-0.1, -0.05) is 39.0 Å². The Morgan fingerprint density at radius 3 is 2.50 bits per heavy atom. The van der Waals surface area contributed by atoms with Crippen LogP contribution in [0.1, 0.15) is 64.2 Å². The topological polar surface area (TPSA) is 32.7 Å². The Balaban J connectivity index is 1.85. The summed E-state index contributed by atoms with van der Waals surface area (Å²) in [6.45, 7) is 13.5. The van der Waals surface area contributed by atoms with Gasteiger partial charge >= 0.3 is 0 Å². The van der Waals surface area contributed by atoms with E-state index in [1.54, 1.807) is 0 Å². The lowest BCUT2D eigenvalue weighted by Gasteiger charge is -2.42. The van der Waals surface area contributed by atoms with E-state index in [1.807, 2.05) is 0 Å². The van der Waals surface area contributed by atoms with Gasteiger partial charge in [-0.2, -0.15) is 0 Å². The van der Waals surface area contributed by atoms with Crippen LogP contribution in [-0.2, 0) is 22.2 Å². The Morgan fingerprint density at radius 2 is 1.88 bits per heavy atom. The van der Waals surface area contributed by atoms with E-state index in [4.69, 9.17) is 4.74 Å². The van der Waals surface area contributed by atoms with E-state index < -0.39 is 5.60 Å². The van der Waals surface area contributed by atoms with Gasteiger partial charge in [-0.3, -0.25) is 4.90 Å². The first kappa shape index (κ1) is 17.9. The Hall–Kier alpha value is -0.900. The molecule has 3 nitrogen and oxygen atoms in total. The van der Waals surface area contributed by atoms with E-state index in [0.717, 1.165) is 37.9 Å². The lowest BCUT2D eigenvalue weighted by atomic mass is 9.75. The molecule has 3 rings (SSSR count). The van der Waals surface area contributed by atoms with Crippen LogP contribution in [0.3, 0.4) is 0 Å². The highest BCUT2D eigenvalue weighted by Gasteiger charge is 2.38. The molecule has 24 heavy (non-hydrogen) atoms. The first-order valence-corrected chi connectivity index (χ1v) is 9.41. The fraction of sp³-hybridized carbons (Fsp3) is 0.714. The van der Waals surface area contributed by atoms with Crippen LogP contribution < -0.4 is 0 Å². The minimum absolute atomic E-state index is 0.152. The van der Waals surface area contributed by atoms with Gasteiger partial charge in [0.1, 0.15) is 5.60 Å². The number of ether oxygens (including phenoxy) is 1. The third-order valence-electron chi connectivity index (χ3n) is 5.49. The second-order valence-electron chi connectivity index (χ2n) is 8.96. The molecule has 1 aromatic rings. The van der Waals surface area contributed by atoms with Gasteiger partial charge in [0, 0.05) is 19.6 Å². The van der Waals surface area contributed by atoms with Crippen molar-refractivity contribution in [3.8, 4) is 0 Å². The molecule has 1 aliphatic heterocycles. The highest BCUT2D eigenvalue weighted by atomic mass is 16.5. The Labute approximate surface area is 147 Å². The molecule has 0 bridgehead atoms. The van der Waals surface area contributed by atoms with Crippen molar-refractivity contribution < 1.29 is 9.84 Å². The summed E-state index contributed by atoms with van der Waals surface area (Å²) in [4.78, 5) is 2.38. The maximum atomic E-state index is 11.5. The molecule has 0 radical (unpaired) electrons. The van der Waals surface area contributed by atoms with Gasteiger partial charge in [-0.15, -0.1) is 0 Å². The number of aliphatic hydroxyl groups is 1. The van der Waals surface area contributed by atoms with Gasteiger partial charge in [0.15, 0.2) is 0 Å². The molecule has 3 heteroatoms. The number of benzene rings is 1. The minimum atomic E-state index is -0.721. The van der Waals surface area contributed by atoms with Gasteiger partial charge < -0.3 is 9.84 Å². The van der Waals surface area contributed by atoms with Gasteiger partial charge in [-0.05, 0) is 55.2 Å². The summed E-state index contributed by atoms with van der Waals surface area (Å²) in [6.07, 6.45) is 3.48. The van der Waals surface area contributed by atoms with E-state index in [9.17, 15) is 5.11 Å². The number of aryl methyl sites for hydroxylation is 1. The Kier molecular flexibility index (Phi) is 4.80. The predicted octanol–water partition coefficient (Wildman–Crippen LogP) is 3.62. The summed E-state index contributed by atoms with van der Waals surface area (Å²) in [7, 11) is 0. The highest BCUT2D eigenvalue weighted by Crippen LogP contribution is 2.38. The SMILES string of the molecule is C[C@@H]1CN(CC2(O)CCCc3cc(C(C)(C)C)ccc32)C[C@@H](C)O1. The molecule has 0 spiro atoms. The monoisotopic (exact) mass is 331 g/mol. The molecule has 1 N–H and O–H groups in total. The lowest BCUT2D eigenvalue weighted by molar-refractivity contribution is -0.0971. The Morgan fingerprint density at radius 1 is 1.21 bits per heavy atom. The molecule has 1 aromatic carbocycles. The van der Waals surface area contributed by atoms with E-state index in [0.29, 0.717) is 6.54 Å². The first-order chi connectivity index (χ1) is 11.2. The summed E-state index contributed by atoms with van der Waals surface area (Å²) in [5.74, 6) is 0. The smallest absolute Gasteiger partial charge is 0.103 e. The maximum Gasteiger partial charge on any atom is 0.103 e. The van der Waals surface area contributed by atoms with Crippen LogP contribution in [0.25, 0.3) is 0 Å². The third kappa shape index (κ3) is 3.68. The number of β-amino-alcohol motifs (C(OH)–C–C–N with tert-alkyl or cyclic N) is 1. The molecule has 0 amide bonds. The van der Waals surface area contributed by atoms with Crippen molar-refractivity contribution in [2.24, 2.45) is 0 Å². The predicted molar refractivity (Wildman–Crippen MR) is 98.4 cm³/mol. The van der Waals surface area contributed by atoms with Crippen LogP contribution in [0.2, 0.25) is 0 Å². The van der Waals surface area contributed by atoms with E-state index in [1.165, 1.54) is 11.1 Å². The number of rotatable bonds is 2. The second kappa shape index (κ2) is 6.44. The summed E-state index contributed by atoms with van der Waals surface area (Å²) in [5, 5.41) is 11.5. The third-order valence-corrected chi connectivity index (χ3v) is 5.49.